The number of nitrogens with zero attached hydrogens (tertiary/aromatic N) is 2. The van der Waals surface area contributed by atoms with Gasteiger partial charge in [0, 0.05) is 13.6 Å². The molecule has 0 aliphatic heterocycles. The van der Waals surface area contributed by atoms with Crippen LogP contribution in [0, 0.1) is 0 Å². The zero-order valence-corrected chi connectivity index (χ0v) is 11.1. The molecule has 6 heteroatoms. The van der Waals surface area contributed by atoms with Crippen molar-refractivity contribution in [2.45, 2.75) is 19.4 Å². The predicted molar refractivity (Wildman–Crippen MR) is 65.4 cm³/mol. The van der Waals surface area contributed by atoms with Gasteiger partial charge in [-0.25, -0.2) is 4.79 Å². The molecule has 1 atom stereocenters. The summed E-state index contributed by atoms with van der Waals surface area (Å²) in [4.78, 5) is 26.5. The van der Waals surface area contributed by atoms with Gasteiger partial charge in [0.05, 0.1) is 6.61 Å². The molecule has 0 aromatic rings. The second kappa shape index (κ2) is 8.03. The molecule has 0 heterocycles. The molecule has 0 aromatic carbocycles. The Morgan fingerprint density at radius 1 is 1.24 bits per heavy atom. The van der Waals surface area contributed by atoms with E-state index in [1.54, 1.807) is 14.0 Å². The molecule has 6 nitrogen and oxygen atoms in total. The lowest BCUT2D eigenvalue weighted by Gasteiger charge is -2.21. The summed E-state index contributed by atoms with van der Waals surface area (Å²) in [7, 11) is 5.56. The Labute approximate surface area is 103 Å². The molecular weight excluding hydrogens is 222 g/mol. The summed E-state index contributed by atoms with van der Waals surface area (Å²) in [5.41, 5.74) is 5.50. The normalized spacial score (nSPS) is 12.4. The molecular formula is C11H23N3O3. The molecule has 0 saturated carbocycles. The van der Waals surface area contributed by atoms with Crippen LogP contribution in [0.2, 0.25) is 0 Å². The minimum atomic E-state index is -1.21. The van der Waals surface area contributed by atoms with E-state index in [4.69, 9.17) is 10.5 Å². The fourth-order valence-corrected chi connectivity index (χ4v) is 1.30. The van der Waals surface area contributed by atoms with Gasteiger partial charge in [-0.2, -0.15) is 0 Å². The van der Waals surface area contributed by atoms with Gasteiger partial charge < -0.3 is 20.3 Å². The Morgan fingerprint density at radius 3 is 2.29 bits per heavy atom. The summed E-state index contributed by atoms with van der Waals surface area (Å²) < 4.78 is 4.70. The van der Waals surface area contributed by atoms with E-state index >= 15 is 0 Å². The number of amides is 1. The highest BCUT2D eigenvalue weighted by Crippen LogP contribution is 1.96. The van der Waals surface area contributed by atoms with Gasteiger partial charge >= 0.3 is 5.97 Å². The lowest BCUT2D eigenvalue weighted by atomic mass is 10.2. The molecule has 0 aliphatic rings. The molecule has 0 rings (SSSR count). The number of carbonyl (C=O) groups excluding carboxylic acids is 2. The Balaban J connectivity index is 4.07. The Morgan fingerprint density at radius 2 is 1.82 bits per heavy atom. The van der Waals surface area contributed by atoms with E-state index in [-0.39, 0.29) is 6.61 Å². The highest BCUT2D eigenvalue weighted by Gasteiger charge is 2.26. The second-order valence-electron chi connectivity index (χ2n) is 4.15. The standard InChI is InChI=1S/C11H23N3O3/c1-5-17-11(16)9(12)10(15)14(4)8-6-7-13(2)3/h9H,5-8,12H2,1-4H3. The van der Waals surface area contributed by atoms with E-state index in [0.29, 0.717) is 6.54 Å². The zero-order valence-electron chi connectivity index (χ0n) is 11.1. The van der Waals surface area contributed by atoms with Crippen LogP contribution in [0.1, 0.15) is 13.3 Å². The van der Waals surface area contributed by atoms with Crippen LogP contribution >= 0.6 is 0 Å². The van der Waals surface area contributed by atoms with Crippen LogP contribution in [0.3, 0.4) is 0 Å². The maximum absolute atomic E-state index is 11.7. The number of hydrogen-bond acceptors (Lipinski definition) is 5. The molecule has 1 unspecified atom stereocenters. The third-order valence-corrected chi connectivity index (χ3v) is 2.28. The van der Waals surface area contributed by atoms with Crippen molar-refractivity contribution in [1.82, 2.24) is 9.80 Å². The summed E-state index contributed by atoms with van der Waals surface area (Å²) in [6.07, 6.45) is 0.838. The lowest BCUT2D eigenvalue weighted by Crippen LogP contribution is -2.48. The summed E-state index contributed by atoms with van der Waals surface area (Å²) in [5.74, 6) is -1.07. The van der Waals surface area contributed by atoms with Crippen LogP contribution < -0.4 is 5.73 Å². The van der Waals surface area contributed by atoms with Crippen molar-refractivity contribution >= 4 is 11.9 Å². The highest BCUT2D eigenvalue weighted by molar-refractivity contribution is 6.01. The number of hydrogen-bond donors (Lipinski definition) is 1. The fraction of sp³-hybridized carbons (Fsp3) is 0.818. The van der Waals surface area contributed by atoms with Gasteiger partial charge in [0.25, 0.3) is 5.91 Å². The number of likely N-dealkylation sites (N-methyl/N-ethyl adjacent to an activating group) is 1. The van der Waals surface area contributed by atoms with Crippen molar-refractivity contribution in [3.05, 3.63) is 0 Å². The minimum absolute atomic E-state index is 0.226. The van der Waals surface area contributed by atoms with Crippen molar-refractivity contribution < 1.29 is 14.3 Å². The molecule has 100 valence electrons. The molecule has 0 radical (unpaired) electrons. The molecule has 0 spiro atoms. The molecule has 0 aromatic heterocycles. The maximum atomic E-state index is 11.7. The predicted octanol–water partition coefficient (Wildman–Crippen LogP) is -0.713. The third kappa shape index (κ3) is 6.23. The van der Waals surface area contributed by atoms with Crippen molar-refractivity contribution in [2.24, 2.45) is 5.73 Å². The van der Waals surface area contributed by atoms with Crippen molar-refractivity contribution in [3.8, 4) is 0 Å². The fourth-order valence-electron chi connectivity index (χ4n) is 1.30. The van der Waals surface area contributed by atoms with Crippen LogP contribution in [0.4, 0.5) is 0 Å². The first-order valence-corrected chi connectivity index (χ1v) is 5.72. The van der Waals surface area contributed by atoms with Gasteiger partial charge in [0.1, 0.15) is 0 Å². The van der Waals surface area contributed by atoms with Crippen molar-refractivity contribution in [3.63, 3.8) is 0 Å². The molecule has 0 fully saturated rings. The van der Waals surface area contributed by atoms with Gasteiger partial charge in [-0.3, -0.25) is 4.79 Å². The number of carbonyl (C=O) groups is 2. The maximum Gasteiger partial charge on any atom is 0.332 e. The first-order chi connectivity index (χ1) is 7.90. The van der Waals surface area contributed by atoms with Gasteiger partial charge in [-0.15, -0.1) is 0 Å². The minimum Gasteiger partial charge on any atom is -0.464 e. The first-order valence-electron chi connectivity index (χ1n) is 5.72. The van der Waals surface area contributed by atoms with Crippen LogP contribution in [0.15, 0.2) is 0 Å². The Hall–Kier alpha value is -1.14. The molecule has 2 N–H and O–H groups in total. The number of nitrogens with two attached hydrogens (primary N) is 1. The van der Waals surface area contributed by atoms with Crippen LogP contribution in [-0.4, -0.2) is 68.6 Å². The monoisotopic (exact) mass is 245 g/mol. The van der Waals surface area contributed by atoms with Crippen LogP contribution in [-0.2, 0) is 14.3 Å². The average molecular weight is 245 g/mol. The zero-order chi connectivity index (χ0) is 13.4. The van der Waals surface area contributed by atoms with Gasteiger partial charge in [0.2, 0.25) is 0 Å². The number of rotatable bonds is 7. The quantitative estimate of drug-likeness (QED) is 0.473. The largest absolute Gasteiger partial charge is 0.464 e. The van der Waals surface area contributed by atoms with Gasteiger partial charge in [0.15, 0.2) is 6.04 Å². The third-order valence-electron chi connectivity index (χ3n) is 2.28. The molecule has 0 aliphatic carbocycles. The SMILES string of the molecule is CCOC(=O)C(N)C(=O)N(C)CCCN(C)C. The Kier molecular flexibility index (Phi) is 7.49. The molecule has 17 heavy (non-hydrogen) atoms. The van der Waals surface area contributed by atoms with Crippen LogP contribution in [0.25, 0.3) is 0 Å². The molecule has 0 saturated heterocycles. The second-order valence-corrected chi connectivity index (χ2v) is 4.15. The summed E-state index contributed by atoms with van der Waals surface area (Å²) in [5, 5.41) is 0. The highest BCUT2D eigenvalue weighted by atomic mass is 16.5. The van der Waals surface area contributed by atoms with E-state index in [1.807, 2.05) is 19.0 Å². The van der Waals surface area contributed by atoms with Gasteiger partial charge in [-0.1, -0.05) is 0 Å². The number of esters is 1. The van der Waals surface area contributed by atoms with E-state index in [2.05, 4.69) is 0 Å². The van der Waals surface area contributed by atoms with E-state index in [1.165, 1.54) is 4.90 Å². The average Bonchev–Trinajstić information content (AvgIpc) is 2.26. The van der Waals surface area contributed by atoms with E-state index in [0.717, 1.165) is 13.0 Å². The smallest absolute Gasteiger partial charge is 0.332 e. The molecule has 1 amide bonds. The Bertz CT molecular complexity index is 256. The molecule has 0 bridgehead atoms. The summed E-state index contributed by atoms with van der Waals surface area (Å²) in [6.45, 7) is 3.36. The van der Waals surface area contributed by atoms with E-state index < -0.39 is 17.9 Å². The van der Waals surface area contributed by atoms with Crippen molar-refractivity contribution in [1.29, 1.82) is 0 Å². The summed E-state index contributed by atoms with van der Waals surface area (Å²) in [6, 6.07) is -1.21. The van der Waals surface area contributed by atoms with E-state index in [9.17, 15) is 9.59 Å². The summed E-state index contributed by atoms with van der Waals surface area (Å²) >= 11 is 0. The van der Waals surface area contributed by atoms with Crippen LogP contribution in [0.5, 0.6) is 0 Å². The lowest BCUT2D eigenvalue weighted by molar-refractivity contribution is -0.150. The number of ether oxygens (including phenoxy) is 1. The topological polar surface area (TPSA) is 75.9 Å². The first kappa shape index (κ1) is 15.9. The van der Waals surface area contributed by atoms with Crippen molar-refractivity contribution in [2.75, 3.05) is 40.8 Å². The van der Waals surface area contributed by atoms with Gasteiger partial charge in [-0.05, 0) is 34.0 Å².